The van der Waals surface area contributed by atoms with Gasteiger partial charge < -0.3 is 4.90 Å². The Morgan fingerprint density at radius 3 is 2.68 bits per heavy atom. The van der Waals surface area contributed by atoms with Gasteiger partial charge in [-0.25, -0.2) is 9.37 Å². The second-order valence-corrected chi connectivity index (χ2v) is 8.43. The van der Waals surface area contributed by atoms with Crippen LogP contribution in [0.1, 0.15) is 49.4 Å². The van der Waals surface area contributed by atoms with Crippen LogP contribution in [0.4, 0.5) is 14.5 Å². The van der Waals surface area contributed by atoms with Crippen molar-refractivity contribution in [2.45, 2.75) is 26.2 Å². The Morgan fingerprint density at radius 2 is 1.91 bits per heavy atom. The van der Waals surface area contributed by atoms with Gasteiger partial charge in [0.1, 0.15) is 11.5 Å². The van der Waals surface area contributed by atoms with Crippen molar-refractivity contribution in [1.29, 1.82) is 0 Å². The summed E-state index contributed by atoms with van der Waals surface area (Å²) in [6.07, 6.45) is 0.889. The Hall–Kier alpha value is -3.52. The van der Waals surface area contributed by atoms with E-state index in [0.717, 1.165) is 0 Å². The summed E-state index contributed by atoms with van der Waals surface area (Å²) in [6.45, 7) is -0.0940. The zero-order valence-corrected chi connectivity index (χ0v) is 18.4. The number of halogens is 2. The van der Waals surface area contributed by atoms with Gasteiger partial charge in [0.25, 0.3) is 0 Å². The molecule has 1 aromatic carbocycles. The number of hydrogen-bond acceptors (Lipinski definition) is 6. The normalized spacial score (nSPS) is 17.4. The van der Waals surface area contributed by atoms with Gasteiger partial charge in [-0.15, -0.1) is 0 Å². The third kappa shape index (κ3) is 3.98. The van der Waals surface area contributed by atoms with Gasteiger partial charge in [0, 0.05) is 78.1 Å². The zero-order chi connectivity index (χ0) is 26.3. The largest absolute Gasteiger partial charge is 0.365 e. The molecule has 2 aromatic heterocycles. The molecule has 0 saturated carbocycles. The fourth-order valence-corrected chi connectivity index (χ4v) is 4.58. The van der Waals surface area contributed by atoms with Crippen LogP contribution < -0.4 is 4.90 Å². The summed E-state index contributed by atoms with van der Waals surface area (Å²) >= 11 is 0. The molecule has 0 unspecified atom stereocenters. The molecule has 0 spiro atoms. The first-order chi connectivity index (χ1) is 17.6. The van der Waals surface area contributed by atoms with E-state index in [1.54, 1.807) is 29.3 Å². The minimum Gasteiger partial charge on any atom is -0.365 e. The van der Waals surface area contributed by atoms with Crippen molar-refractivity contribution in [2.75, 3.05) is 31.1 Å². The van der Waals surface area contributed by atoms with E-state index < -0.39 is 30.8 Å². The molecular weight excluding hydrogens is 438 g/mol. The van der Waals surface area contributed by atoms with Gasteiger partial charge >= 0.3 is 0 Å². The maximum Gasteiger partial charge on any atom is 0.237 e. The van der Waals surface area contributed by atoms with Crippen molar-refractivity contribution in [3.8, 4) is 11.3 Å². The van der Waals surface area contributed by atoms with Crippen molar-refractivity contribution in [3.63, 3.8) is 0 Å². The lowest BCUT2D eigenvalue weighted by molar-refractivity contribution is 0.0977. The van der Waals surface area contributed by atoms with E-state index in [-0.39, 0.29) is 23.6 Å². The number of benzene rings is 1. The Bertz CT molecular complexity index is 1390. The fraction of sp³-hybridized carbons (Fsp3) is 0.308. The van der Waals surface area contributed by atoms with Gasteiger partial charge in [-0.05, 0) is 24.3 Å². The maximum atomic E-state index is 15.4. The van der Waals surface area contributed by atoms with E-state index in [9.17, 15) is 14.0 Å². The van der Waals surface area contributed by atoms with Gasteiger partial charge in [-0.1, -0.05) is 19.0 Å². The molecule has 0 amide bonds. The summed E-state index contributed by atoms with van der Waals surface area (Å²) in [7, 11) is 0. The van der Waals surface area contributed by atoms with Crippen LogP contribution in [-0.4, -0.2) is 52.6 Å². The van der Waals surface area contributed by atoms with E-state index in [1.165, 1.54) is 12.1 Å². The number of hydrogen-bond donors (Lipinski definition) is 0. The first-order valence-electron chi connectivity index (χ1n) is 12.6. The van der Waals surface area contributed by atoms with Gasteiger partial charge in [-0.3, -0.25) is 19.5 Å². The molecule has 34 heavy (non-hydrogen) atoms. The topological polar surface area (TPSA) is 66.4 Å². The number of carbonyl (C=O) groups is 2. The van der Waals surface area contributed by atoms with Crippen LogP contribution in [0.5, 0.6) is 0 Å². The highest BCUT2D eigenvalue weighted by molar-refractivity contribution is 6.06. The number of pyridine rings is 2. The lowest BCUT2D eigenvalue weighted by Gasteiger charge is -2.36. The van der Waals surface area contributed by atoms with Crippen molar-refractivity contribution in [1.82, 2.24) is 14.9 Å². The monoisotopic (exact) mass is 465 g/mol. The molecule has 0 radical (unpaired) electrons. The fourth-order valence-electron chi connectivity index (χ4n) is 4.58. The molecule has 1 aliphatic heterocycles. The number of anilines is 1. The number of ketones is 2. The standard InChI is InChI=1S/C26H24F2N4O2/c1-2-22(33)20-7-8-21(26(28)30-20)32-12-10-31(11-13-32)15-16-5-6-17-19(24(16)27)14-23(34)18-4-3-9-29-25(17)18/h3-9H,2,10-15H2,1H3/i1D3. The van der Waals surface area contributed by atoms with Crippen LogP contribution in [0.2, 0.25) is 0 Å². The van der Waals surface area contributed by atoms with E-state index in [2.05, 4.69) is 14.9 Å². The molecule has 1 saturated heterocycles. The Kier molecular flexibility index (Phi) is 5.00. The predicted octanol–water partition coefficient (Wildman–Crippen LogP) is 4.08. The first-order valence-corrected chi connectivity index (χ1v) is 11.1. The summed E-state index contributed by atoms with van der Waals surface area (Å²) in [5, 5.41) is 0. The zero-order valence-electron chi connectivity index (χ0n) is 21.4. The first kappa shape index (κ1) is 18.9. The summed E-state index contributed by atoms with van der Waals surface area (Å²) in [5.41, 5.74) is 2.54. The summed E-state index contributed by atoms with van der Waals surface area (Å²) in [4.78, 5) is 36.4. The quantitative estimate of drug-likeness (QED) is 0.418. The molecule has 2 aliphatic rings. The third-order valence-corrected chi connectivity index (χ3v) is 6.41. The molecule has 174 valence electrons. The SMILES string of the molecule is [2H]C([2H])([2H])CC(=O)c1ccc(N2CCN(Cc3ccc4c(c3F)CC(=O)c3cccnc3-4)CC2)c(F)n1. The molecular formula is C26H24F2N4O2. The highest BCUT2D eigenvalue weighted by Crippen LogP contribution is 2.34. The predicted molar refractivity (Wildman–Crippen MR) is 124 cm³/mol. The van der Waals surface area contributed by atoms with Crippen molar-refractivity contribution in [3.05, 3.63) is 76.7 Å². The van der Waals surface area contributed by atoms with Gasteiger partial charge in [0.05, 0.1) is 11.4 Å². The van der Waals surface area contributed by atoms with Gasteiger partial charge in [0.15, 0.2) is 11.6 Å². The van der Waals surface area contributed by atoms with E-state index in [1.807, 2.05) is 6.07 Å². The molecule has 6 nitrogen and oxygen atoms in total. The number of Topliss-reactive ketones (excluding diaryl/α,β-unsaturated/α-hetero) is 2. The van der Waals surface area contributed by atoms with Gasteiger partial charge in [0.2, 0.25) is 5.95 Å². The second kappa shape index (κ2) is 9.02. The second-order valence-electron chi connectivity index (χ2n) is 8.43. The van der Waals surface area contributed by atoms with Crippen molar-refractivity contribution < 1.29 is 22.5 Å². The average molecular weight is 466 g/mol. The lowest BCUT2D eigenvalue weighted by Crippen LogP contribution is -2.46. The minimum atomic E-state index is -2.45. The third-order valence-electron chi connectivity index (χ3n) is 6.41. The summed E-state index contributed by atoms with van der Waals surface area (Å²) in [5.74, 6) is -2.10. The van der Waals surface area contributed by atoms with Crippen LogP contribution in [0.3, 0.4) is 0 Å². The number of fused-ring (bicyclic) bond motifs is 3. The molecule has 8 heteroatoms. The Morgan fingerprint density at radius 1 is 1.09 bits per heavy atom. The summed E-state index contributed by atoms with van der Waals surface area (Å²) in [6, 6.07) is 9.74. The molecule has 0 atom stereocenters. The van der Waals surface area contributed by atoms with Crippen molar-refractivity contribution >= 4 is 17.3 Å². The smallest absolute Gasteiger partial charge is 0.237 e. The number of aromatic nitrogens is 2. The molecule has 5 rings (SSSR count). The highest BCUT2D eigenvalue weighted by Gasteiger charge is 2.28. The van der Waals surface area contributed by atoms with Crippen LogP contribution in [-0.2, 0) is 13.0 Å². The van der Waals surface area contributed by atoms with E-state index in [0.29, 0.717) is 60.7 Å². The number of piperazine rings is 1. The molecule has 3 aromatic rings. The van der Waals surface area contributed by atoms with Crippen LogP contribution in [0.15, 0.2) is 42.6 Å². The van der Waals surface area contributed by atoms with Crippen LogP contribution in [0, 0.1) is 11.8 Å². The number of carbonyl (C=O) groups excluding carboxylic acids is 2. The lowest BCUT2D eigenvalue weighted by atomic mass is 9.86. The van der Waals surface area contributed by atoms with Gasteiger partial charge in [-0.2, -0.15) is 4.39 Å². The average Bonchev–Trinajstić information content (AvgIpc) is 2.86. The van der Waals surface area contributed by atoms with Crippen LogP contribution >= 0.6 is 0 Å². The summed E-state index contributed by atoms with van der Waals surface area (Å²) < 4.78 is 51.7. The molecule has 0 bridgehead atoms. The number of rotatable bonds is 5. The Labute approximate surface area is 200 Å². The molecule has 3 heterocycles. The Balaban J connectivity index is 1.25. The molecule has 1 aliphatic carbocycles. The molecule has 0 N–H and O–H groups in total. The van der Waals surface area contributed by atoms with E-state index in [4.69, 9.17) is 4.11 Å². The van der Waals surface area contributed by atoms with Crippen molar-refractivity contribution in [2.24, 2.45) is 0 Å². The highest BCUT2D eigenvalue weighted by atomic mass is 19.1. The molecule has 1 fully saturated rings. The maximum absolute atomic E-state index is 15.4. The van der Waals surface area contributed by atoms with E-state index >= 15 is 4.39 Å². The number of nitrogens with zero attached hydrogens (tertiary/aromatic N) is 4. The minimum absolute atomic E-state index is 0.00137. The van der Waals surface area contributed by atoms with Crippen LogP contribution in [0.25, 0.3) is 11.3 Å².